The number of imide groups is 1. The number of rotatable bonds is 3. The van der Waals surface area contributed by atoms with Crippen LogP contribution >= 0.6 is 0 Å². The van der Waals surface area contributed by atoms with Crippen molar-refractivity contribution in [1.29, 1.82) is 0 Å². The molecular weight excluding hydrogens is 280 g/mol. The van der Waals surface area contributed by atoms with Gasteiger partial charge in [0.05, 0.1) is 12.0 Å². The molecule has 2 amide bonds. The second-order valence-electron chi connectivity index (χ2n) is 5.97. The highest BCUT2D eigenvalue weighted by molar-refractivity contribution is 6.13. The lowest BCUT2D eigenvalue weighted by Crippen LogP contribution is -2.60. The van der Waals surface area contributed by atoms with Gasteiger partial charge in [-0.2, -0.15) is 0 Å². The minimum Gasteiger partial charge on any atom is -0.268 e. The number of nitrogens with zero attached hydrogens (tertiary/aromatic N) is 2. The summed E-state index contributed by atoms with van der Waals surface area (Å²) in [5.41, 5.74) is 3.42. The molecule has 3 rings (SSSR count). The molecule has 5 nitrogen and oxygen atoms in total. The summed E-state index contributed by atoms with van der Waals surface area (Å²) in [6.45, 7) is 5.84. The number of carbonyl (C=O) groups is 2. The Morgan fingerprint density at radius 3 is 2.45 bits per heavy atom. The highest BCUT2D eigenvalue weighted by atomic mass is 16.5. The summed E-state index contributed by atoms with van der Waals surface area (Å²) in [5.74, 6) is -0.104. The molecule has 1 saturated heterocycles. The Bertz CT molecular complexity index is 728. The van der Waals surface area contributed by atoms with Crippen molar-refractivity contribution in [3.63, 3.8) is 0 Å². The zero-order valence-electron chi connectivity index (χ0n) is 13.0. The van der Waals surface area contributed by atoms with Crippen molar-refractivity contribution >= 4 is 11.8 Å². The molecule has 1 unspecified atom stereocenters. The second kappa shape index (κ2) is 5.40. The lowest BCUT2D eigenvalue weighted by atomic mass is 9.95. The number of aromatic nitrogens is 1. The molecule has 0 radical (unpaired) electrons. The third-order valence-electron chi connectivity index (χ3n) is 3.85. The lowest BCUT2D eigenvalue weighted by Gasteiger charge is -2.08. The molecule has 114 valence electrons. The van der Waals surface area contributed by atoms with E-state index >= 15 is 0 Å². The van der Waals surface area contributed by atoms with Crippen LogP contribution in [0.25, 0.3) is 0 Å². The van der Waals surface area contributed by atoms with Crippen molar-refractivity contribution in [3.8, 4) is 0 Å². The van der Waals surface area contributed by atoms with Crippen LogP contribution in [0.4, 0.5) is 0 Å². The smallest absolute Gasteiger partial charge is 0.268 e. The average Bonchev–Trinajstić information content (AvgIpc) is 2.93. The van der Waals surface area contributed by atoms with Gasteiger partial charge in [-0.1, -0.05) is 29.3 Å². The van der Waals surface area contributed by atoms with Crippen LogP contribution in [-0.2, 0) is 16.0 Å². The number of hydrogen-bond acceptors (Lipinski definition) is 3. The van der Waals surface area contributed by atoms with Crippen LogP contribution in [0, 0.1) is 26.7 Å². The zero-order valence-corrected chi connectivity index (χ0v) is 13.0. The molecule has 2 heterocycles. The van der Waals surface area contributed by atoms with E-state index in [1.54, 1.807) is 19.2 Å². The predicted octanol–water partition coefficient (Wildman–Crippen LogP) is 1.75. The summed E-state index contributed by atoms with van der Waals surface area (Å²) in [7, 11) is 0. The molecule has 0 spiro atoms. The summed E-state index contributed by atoms with van der Waals surface area (Å²) in [4.78, 5) is 25.9. The maximum Gasteiger partial charge on any atom is 0.295 e. The third-order valence-corrected chi connectivity index (χ3v) is 3.85. The average molecular weight is 299 g/mol. The quantitative estimate of drug-likeness (QED) is 0.641. The van der Waals surface area contributed by atoms with Gasteiger partial charge in [-0.25, -0.2) is 4.52 Å². The molecule has 1 aromatic heterocycles. The molecule has 1 fully saturated rings. The monoisotopic (exact) mass is 299 g/mol. The molecule has 1 aliphatic heterocycles. The summed E-state index contributed by atoms with van der Waals surface area (Å²) in [5, 5.41) is 1.10. The Morgan fingerprint density at radius 2 is 1.86 bits per heavy atom. The van der Waals surface area contributed by atoms with Gasteiger partial charge in [0.15, 0.2) is 5.76 Å². The van der Waals surface area contributed by atoms with Crippen LogP contribution in [0.15, 0.2) is 35.0 Å². The van der Waals surface area contributed by atoms with Gasteiger partial charge in [-0.3, -0.25) is 9.59 Å². The first-order valence-corrected chi connectivity index (χ1v) is 7.37. The first-order chi connectivity index (χ1) is 10.4. The molecule has 1 aliphatic rings. The fourth-order valence-corrected chi connectivity index (χ4v) is 3.00. The fourth-order valence-electron chi connectivity index (χ4n) is 3.00. The third kappa shape index (κ3) is 2.66. The summed E-state index contributed by atoms with van der Waals surface area (Å²) in [6.07, 6.45) is 2.38. The molecule has 1 aromatic carbocycles. The summed E-state index contributed by atoms with van der Waals surface area (Å²) >= 11 is 0. The zero-order chi connectivity index (χ0) is 15.9. The van der Waals surface area contributed by atoms with E-state index in [9.17, 15) is 9.59 Å². The minimum atomic E-state index is -0.327. The SMILES string of the molecule is Cc1cc(C)cc(CC2CC(=O)N([n+]3ccc(C)o3)C2=O)c1. The molecule has 5 heteroatoms. The molecular formula is C17H19N2O3+. The van der Waals surface area contributed by atoms with Crippen molar-refractivity contribution in [2.75, 3.05) is 5.01 Å². The van der Waals surface area contributed by atoms with Gasteiger partial charge < -0.3 is 0 Å². The van der Waals surface area contributed by atoms with Gasteiger partial charge in [0.1, 0.15) is 4.85 Å². The van der Waals surface area contributed by atoms with Crippen molar-refractivity contribution in [3.05, 3.63) is 52.9 Å². The van der Waals surface area contributed by atoms with Crippen LogP contribution in [0.2, 0.25) is 0 Å². The largest absolute Gasteiger partial charge is 0.295 e. The lowest BCUT2D eigenvalue weighted by molar-refractivity contribution is -0.845. The highest BCUT2D eigenvalue weighted by Gasteiger charge is 2.46. The van der Waals surface area contributed by atoms with Crippen molar-refractivity contribution in [2.24, 2.45) is 5.92 Å². The van der Waals surface area contributed by atoms with Crippen molar-refractivity contribution < 1.29 is 19.0 Å². The van der Waals surface area contributed by atoms with E-state index in [-0.39, 0.29) is 24.2 Å². The van der Waals surface area contributed by atoms with E-state index < -0.39 is 0 Å². The summed E-state index contributed by atoms with van der Waals surface area (Å²) < 4.78 is 5.35. The number of aryl methyl sites for hydroxylation is 3. The van der Waals surface area contributed by atoms with E-state index in [2.05, 4.69) is 18.2 Å². The Labute approximate surface area is 129 Å². The Balaban J connectivity index is 1.82. The van der Waals surface area contributed by atoms with E-state index in [0.29, 0.717) is 12.2 Å². The standard InChI is InChI=1S/C17H19N2O3/c1-11-6-12(2)8-14(7-11)9-15-10-16(20)19(17(15)21)18-5-4-13(3)22-18/h4-8,15H,9-10H2,1-3H3/q+1. The first-order valence-electron chi connectivity index (χ1n) is 7.37. The highest BCUT2D eigenvalue weighted by Crippen LogP contribution is 2.22. The molecule has 0 N–H and O–H groups in total. The van der Waals surface area contributed by atoms with Gasteiger partial charge in [-0.15, -0.1) is 0 Å². The molecule has 22 heavy (non-hydrogen) atoms. The number of amides is 2. The van der Waals surface area contributed by atoms with Gasteiger partial charge >= 0.3 is 0 Å². The van der Waals surface area contributed by atoms with Gasteiger partial charge in [0.25, 0.3) is 18.0 Å². The van der Waals surface area contributed by atoms with Gasteiger partial charge in [-0.05, 0) is 30.8 Å². The first kappa shape index (κ1) is 14.5. The van der Waals surface area contributed by atoms with Gasteiger partial charge in [0.2, 0.25) is 0 Å². The van der Waals surface area contributed by atoms with Crippen LogP contribution < -0.4 is 9.86 Å². The Morgan fingerprint density at radius 1 is 1.18 bits per heavy atom. The van der Waals surface area contributed by atoms with E-state index in [0.717, 1.165) is 10.6 Å². The molecule has 0 saturated carbocycles. The topological polar surface area (TPSA) is 54.4 Å². The van der Waals surface area contributed by atoms with Crippen molar-refractivity contribution in [2.45, 2.75) is 33.6 Å². The Kier molecular flexibility index (Phi) is 3.56. The summed E-state index contributed by atoms with van der Waals surface area (Å²) in [6, 6.07) is 7.95. The maximum absolute atomic E-state index is 12.5. The predicted molar refractivity (Wildman–Crippen MR) is 79.6 cm³/mol. The van der Waals surface area contributed by atoms with E-state index in [1.807, 2.05) is 13.8 Å². The second-order valence-corrected chi connectivity index (χ2v) is 5.97. The maximum atomic E-state index is 12.5. The van der Waals surface area contributed by atoms with Gasteiger partial charge in [0, 0.05) is 13.3 Å². The van der Waals surface area contributed by atoms with E-state index in [4.69, 9.17) is 4.52 Å². The number of hydrogen-bond donors (Lipinski definition) is 0. The van der Waals surface area contributed by atoms with Crippen molar-refractivity contribution in [1.82, 2.24) is 0 Å². The van der Waals surface area contributed by atoms with Crippen LogP contribution in [0.5, 0.6) is 0 Å². The molecule has 1 atom stereocenters. The fraction of sp³-hybridized carbons (Fsp3) is 0.353. The Hall–Kier alpha value is -2.43. The number of benzene rings is 1. The van der Waals surface area contributed by atoms with E-state index in [1.165, 1.54) is 16.0 Å². The molecule has 2 aromatic rings. The van der Waals surface area contributed by atoms with Crippen LogP contribution in [-0.4, -0.2) is 11.8 Å². The normalized spacial score (nSPS) is 18.3. The van der Waals surface area contributed by atoms with Crippen LogP contribution in [0.1, 0.15) is 28.9 Å². The molecule has 0 aliphatic carbocycles. The number of carbonyl (C=O) groups excluding carboxylic acids is 2. The van der Waals surface area contributed by atoms with Crippen LogP contribution in [0.3, 0.4) is 0 Å². The minimum absolute atomic E-state index is 0.205. The molecule has 0 bridgehead atoms.